The fourth-order valence-corrected chi connectivity index (χ4v) is 2.65. The zero-order valence-corrected chi connectivity index (χ0v) is 11.4. The average Bonchev–Trinajstić information content (AvgIpc) is 2.26. The molecule has 96 valence electrons. The van der Waals surface area contributed by atoms with Crippen molar-refractivity contribution in [2.75, 3.05) is 19.5 Å². The smallest absolute Gasteiger partial charge is 0.214 e. The third kappa shape index (κ3) is 5.04. The molecule has 0 saturated carbocycles. The van der Waals surface area contributed by atoms with Crippen molar-refractivity contribution in [3.05, 3.63) is 34.9 Å². The van der Waals surface area contributed by atoms with Crippen LogP contribution in [-0.4, -0.2) is 27.9 Å². The molecular formula is C11H16ClNO3S. The zero-order chi connectivity index (χ0) is 12.9. The van der Waals surface area contributed by atoms with Crippen molar-refractivity contribution in [3.8, 4) is 0 Å². The number of hydrogen-bond acceptors (Lipinski definition) is 3. The number of methoxy groups -OCH3 is 1. The molecule has 17 heavy (non-hydrogen) atoms. The van der Waals surface area contributed by atoms with E-state index in [0.29, 0.717) is 5.02 Å². The van der Waals surface area contributed by atoms with Gasteiger partial charge in [-0.3, -0.25) is 0 Å². The van der Waals surface area contributed by atoms with E-state index in [1.807, 2.05) is 0 Å². The lowest BCUT2D eigenvalue weighted by molar-refractivity contribution is 0.216. The average molecular weight is 278 g/mol. The number of sulfonamides is 1. The predicted octanol–water partition coefficient (Wildman–Crippen LogP) is 1.97. The first-order chi connectivity index (χ1) is 7.94. The highest BCUT2D eigenvalue weighted by molar-refractivity contribution is 7.89. The molecule has 1 aromatic rings. The molecule has 0 aliphatic carbocycles. The summed E-state index contributed by atoms with van der Waals surface area (Å²) in [5.41, 5.74) is 0.871. The molecular weight excluding hydrogens is 262 g/mol. The van der Waals surface area contributed by atoms with Gasteiger partial charge < -0.3 is 4.74 Å². The molecule has 0 aliphatic heterocycles. The summed E-state index contributed by atoms with van der Waals surface area (Å²) in [6.45, 7) is 1.97. The van der Waals surface area contributed by atoms with Crippen LogP contribution >= 0.6 is 11.6 Å². The fraction of sp³-hybridized carbons (Fsp3) is 0.455. The lowest BCUT2D eigenvalue weighted by Gasteiger charge is -2.14. The molecule has 1 unspecified atom stereocenters. The van der Waals surface area contributed by atoms with Crippen LogP contribution in [0.2, 0.25) is 5.02 Å². The summed E-state index contributed by atoms with van der Waals surface area (Å²) in [6.07, 6.45) is 0. The number of halogens is 1. The van der Waals surface area contributed by atoms with Crippen molar-refractivity contribution in [2.24, 2.45) is 0 Å². The highest BCUT2D eigenvalue weighted by Gasteiger charge is 2.15. The quantitative estimate of drug-likeness (QED) is 0.865. The molecule has 0 amide bonds. The van der Waals surface area contributed by atoms with E-state index in [1.54, 1.807) is 31.2 Å². The highest BCUT2D eigenvalue weighted by atomic mass is 35.5. The summed E-state index contributed by atoms with van der Waals surface area (Å²) in [5.74, 6) is -0.0402. The third-order valence-electron chi connectivity index (χ3n) is 2.28. The summed E-state index contributed by atoms with van der Waals surface area (Å²) >= 11 is 5.76. The summed E-state index contributed by atoms with van der Waals surface area (Å²) in [4.78, 5) is 0. The largest absolute Gasteiger partial charge is 0.384 e. The Kier molecular flexibility index (Phi) is 5.39. The fourth-order valence-electron chi connectivity index (χ4n) is 1.34. The molecule has 0 aliphatic rings. The maximum absolute atomic E-state index is 11.6. The van der Waals surface area contributed by atoms with Gasteiger partial charge in [0.1, 0.15) is 0 Å². The second-order valence-electron chi connectivity index (χ2n) is 3.70. The van der Waals surface area contributed by atoms with E-state index in [2.05, 4.69) is 4.72 Å². The van der Waals surface area contributed by atoms with Crippen LogP contribution in [0.4, 0.5) is 0 Å². The molecule has 1 aromatic carbocycles. The Morgan fingerprint density at radius 1 is 1.35 bits per heavy atom. The molecule has 1 N–H and O–H groups in total. The molecule has 0 radical (unpaired) electrons. The van der Waals surface area contributed by atoms with Gasteiger partial charge >= 0.3 is 0 Å². The highest BCUT2D eigenvalue weighted by Crippen LogP contribution is 2.16. The molecule has 0 bridgehead atoms. The molecule has 0 saturated heterocycles. The SMILES string of the molecule is COCCS(=O)(=O)NC(C)c1ccc(Cl)cc1. The molecule has 0 fully saturated rings. The first-order valence-electron chi connectivity index (χ1n) is 5.19. The topological polar surface area (TPSA) is 55.4 Å². The van der Waals surface area contributed by atoms with Gasteiger partial charge in [-0.1, -0.05) is 23.7 Å². The first kappa shape index (κ1) is 14.4. The summed E-state index contributed by atoms with van der Waals surface area (Å²) in [6, 6.07) is 6.78. The van der Waals surface area contributed by atoms with Crippen molar-refractivity contribution in [3.63, 3.8) is 0 Å². The van der Waals surface area contributed by atoms with Crippen LogP contribution in [0.5, 0.6) is 0 Å². The van der Waals surface area contributed by atoms with Gasteiger partial charge in [0.15, 0.2) is 0 Å². The van der Waals surface area contributed by atoms with Gasteiger partial charge in [-0.05, 0) is 24.6 Å². The van der Waals surface area contributed by atoms with Crippen LogP contribution in [0.25, 0.3) is 0 Å². The van der Waals surface area contributed by atoms with Crippen LogP contribution in [0.1, 0.15) is 18.5 Å². The number of ether oxygens (including phenoxy) is 1. The van der Waals surface area contributed by atoms with Crippen molar-refractivity contribution in [2.45, 2.75) is 13.0 Å². The van der Waals surface area contributed by atoms with E-state index >= 15 is 0 Å². The van der Waals surface area contributed by atoms with Crippen molar-refractivity contribution in [1.29, 1.82) is 0 Å². The van der Waals surface area contributed by atoms with Gasteiger partial charge in [-0.2, -0.15) is 0 Å². The maximum atomic E-state index is 11.6. The van der Waals surface area contributed by atoms with Crippen molar-refractivity contribution < 1.29 is 13.2 Å². The Hall–Kier alpha value is -0.620. The molecule has 6 heteroatoms. The normalized spacial score (nSPS) is 13.6. The standard InChI is InChI=1S/C11H16ClNO3S/c1-9(10-3-5-11(12)6-4-10)13-17(14,15)8-7-16-2/h3-6,9,13H,7-8H2,1-2H3. The minimum absolute atomic E-state index is 0.0402. The van der Waals surface area contributed by atoms with E-state index in [-0.39, 0.29) is 18.4 Å². The molecule has 0 heterocycles. The number of rotatable bonds is 6. The Morgan fingerprint density at radius 3 is 2.47 bits per heavy atom. The van der Waals surface area contributed by atoms with Crippen molar-refractivity contribution >= 4 is 21.6 Å². The van der Waals surface area contributed by atoms with Crippen LogP contribution in [0.3, 0.4) is 0 Å². The monoisotopic (exact) mass is 277 g/mol. The number of nitrogens with one attached hydrogen (secondary N) is 1. The minimum Gasteiger partial charge on any atom is -0.384 e. The molecule has 0 aromatic heterocycles. The lowest BCUT2D eigenvalue weighted by atomic mass is 10.1. The predicted molar refractivity (Wildman–Crippen MR) is 68.7 cm³/mol. The number of hydrogen-bond donors (Lipinski definition) is 1. The number of benzene rings is 1. The minimum atomic E-state index is -3.31. The van der Waals surface area contributed by atoms with Crippen molar-refractivity contribution in [1.82, 2.24) is 4.72 Å². The second-order valence-corrected chi connectivity index (χ2v) is 6.01. The van der Waals surface area contributed by atoms with Gasteiger partial charge in [0.2, 0.25) is 10.0 Å². The zero-order valence-electron chi connectivity index (χ0n) is 9.81. The summed E-state index contributed by atoms with van der Waals surface area (Å²) in [5, 5.41) is 0.628. The van der Waals surface area contributed by atoms with Gasteiger partial charge in [0, 0.05) is 18.2 Å². The van der Waals surface area contributed by atoms with E-state index in [0.717, 1.165) is 5.56 Å². The lowest BCUT2D eigenvalue weighted by Crippen LogP contribution is -2.30. The van der Waals surface area contributed by atoms with E-state index in [4.69, 9.17) is 16.3 Å². The van der Waals surface area contributed by atoms with Crippen LogP contribution < -0.4 is 4.72 Å². The van der Waals surface area contributed by atoms with Crippen LogP contribution in [-0.2, 0) is 14.8 Å². The van der Waals surface area contributed by atoms with E-state index in [1.165, 1.54) is 7.11 Å². The molecule has 0 spiro atoms. The maximum Gasteiger partial charge on any atom is 0.214 e. The second kappa shape index (κ2) is 6.35. The van der Waals surface area contributed by atoms with E-state index < -0.39 is 10.0 Å². The van der Waals surface area contributed by atoms with Crippen LogP contribution in [0, 0.1) is 0 Å². The Balaban J connectivity index is 2.65. The molecule has 1 rings (SSSR count). The van der Waals surface area contributed by atoms with Gasteiger partial charge in [-0.15, -0.1) is 0 Å². The van der Waals surface area contributed by atoms with Gasteiger partial charge in [-0.25, -0.2) is 13.1 Å². The summed E-state index contributed by atoms with van der Waals surface area (Å²) < 4.78 is 30.6. The molecule has 4 nitrogen and oxygen atoms in total. The van der Waals surface area contributed by atoms with Gasteiger partial charge in [0.25, 0.3) is 0 Å². The Bertz CT molecular complexity index is 444. The summed E-state index contributed by atoms with van der Waals surface area (Å²) in [7, 11) is -1.84. The van der Waals surface area contributed by atoms with Gasteiger partial charge in [0.05, 0.1) is 12.4 Å². The molecule has 1 atom stereocenters. The first-order valence-corrected chi connectivity index (χ1v) is 7.22. The third-order valence-corrected chi connectivity index (χ3v) is 3.95. The Morgan fingerprint density at radius 2 is 1.94 bits per heavy atom. The Labute approximate surface area is 107 Å². The van der Waals surface area contributed by atoms with Crippen LogP contribution in [0.15, 0.2) is 24.3 Å². The van der Waals surface area contributed by atoms with E-state index in [9.17, 15) is 8.42 Å².